The highest BCUT2D eigenvalue weighted by atomic mass is 16.6. The van der Waals surface area contributed by atoms with Crippen molar-refractivity contribution in [2.75, 3.05) is 0 Å². The Balaban J connectivity index is 2.51. The van der Waals surface area contributed by atoms with Crippen molar-refractivity contribution in [1.82, 2.24) is 0 Å². The topological polar surface area (TPSA) is 26.3 Å². The smallest absolute Gasteiger partial charge is 0.334 e. The molecule has 0 aliphatic rings. The predicted molar refractivity (Wildman–Crippen MR) is 85.0 cm³/mol. The number of carbonyl (C=O) groups is 1. The van der Waals surface area contributed by atoms with Gasteiger partial charge in [0, 0.05) is 5.57 Å². The van der Waals surface area contributed by atoms with E-state index in [2.05, 4.69) is 6.58 Å². The fraction of sp³-hybridized carbons (Fsp3) is 0.211. The molecule has 1 unspecified atom stereocenters. The van der Waals surface area contributed by atoms with Crippen LogP contribution in [0.5, 0.6) is 0 Å². The second-order valence-electron chi connectivity index (χ2n) is 5.44. The average molecular weight is 280 g/mol. The molecule has 2 heteroatoms. The Labute approximate surface area is 126 Å². The monoisotopic (exact) mass is 280 g/mol. The van der Waals surface area contributed by atoms with E-state index in [-0.39, 0.29) is 5.97 Å². The van der Waals surface area contributed by atoms with E-state index in [9.17, 15) is 4.79 Å². The molecule has 0 amide bonds. The van der Waals surface area contributed by atoms with Gasteiger partial charge in [-0.2, -0.15) is 0 Å². The van der Waals surface area contributed by atoms with Gasteiger partial charge in [-0.1, -0.05) is 66.7 Å². The highest BCUT2D eigenvalue weighted by molar-refractivity contribution is 5.87. The summed E-state index contributed by atoms with van der Waals surface area (Å²) in [4.78, 5) is 12.1. The summed E-state index contributed by atoms with van der Waals surface area (Å²) in [6.07, 6.45) is 0. The van der Waals surface area contributed by atoms with Crippen molar-refractivity contribution in [3.05, 3.63) is 83.4 Å². The van der Waals surface area contributed by atoms with Crippen LogP contribution in [0.2, 0.25) is 0 Å². The fourth-order valence-electron chi connectivity index (χ4n) is 2.18. The van der Waals surface area contributed by atoms with E-state index in [1.54, 1.807) is 6.92 Å². The minimum absolute atomic E-state index is 0.387. The van der Waals surface area contributed by atoms with Crippen LogP contribution < -0.4 is 0 Å². The lowest BCUT2D eigenvalue weighted by Crippen LogP contribution is -2.30. The number of aryl methyl sites for hydroxylation is 1. The van der Waals surface area contributed by atoms with Gasteiger partial charge in [-0.3, -0.25) is 0 Å². The van der Waals surface area contributed by atoms with Crippen molar-refractivity contribution in [3.63, 3.8) is 0 Å². The van der Waals surface area contributed by atoms with Crippen LogP contribution in [0.25, 0.3) is 0 Å². The van der Waals surface area contributed by atoms with E-state index in [4.69, 9.17) is 4.74 Å². The first-order valence-corrected chi connectivity index (χ1v) is 6.95. The van der Waals surface area contributed by atoms with Crippen molar-refractivity contribution in [2.45, 2.75) is 26.4 Å². The minimum atomic E-state index is -0.828. The zero-order valence-electron chi connectivity index (χ0n) is 12.7. The van der Waals surface area contributed by atoms with Crippen LogP contribution in [0.4, 0.5) is 0 Å². The van der Waals surface area contributed by atoms with Crippen LogP contribution >= 0.6 is 0 Å². The van der Waals surface area contributed by atoms with E-state index < -0.39 is 5.60 Å². The van der Waals surface area contributed by atoms with E-state index in [0.29, 0.717) is 5.57 Å². The largest absolute Gasteiger partial charge is 0.446 e. The maximum atomic E-state index is 12.1. The average Bonchev–Trinajstić information content (AvgIpc) is 2.48. The lowest BCUT2D eigenvalue weighted by Gasteiger charge is -2.31. The molecule has 0 spiro atoms. The zero-order valence-corrected chi connectivity index (χ0v) is 12.7. The number of rotatable bonds is 4. The Bertz CT molecular complexity index is 641. The Morgan fingerprint density at radius 1 is 1.00 bits per heavy atom. The van der Waals surface area contributed by atoms with E-state index >= 15 is 0 Å². The fourth-order valence-corrected chi connectivity index (χ4v) is 2.18. The van der Waals surface area contributed by atoms with Gasteiger partial charge in [-0.05, 0) is 31.9 Å². The Hall–Kier alpha value is -2.35. The van der Waals surface area contributed by atoms with Gasteiger partial charge in [-0.25, -0.2) is 4.79 Å². The highest BCUT2D eigenvalue weighted by Crippen LogP contribution is 2.34. The highest BCUT2D eigenvalue weighted by Gasteiger charge is 2.33. The molecule has 2 aromatic carbocycles. The maximum absolute atomic E-state index is 12.1. The van der Waals surface area contributed by atoms with Crippen molar-refractivity contribution >= 4 is 5.97 Å². The molecule has 1 atom stereocenters. The predicted octanol–water partition coefficient (Wildman–Crippen LogP) is 4.38. The first-order chi connectivity index (χ1) is 9.93. The SMILES string of the molecule is C=C(C)C(=O)OC(C)(c1ccccc1)c1ccc(C)cc1. The number of ether oxygens (including phenoxy) is 1. The molecule has 0 saturated heterocycles. The summed E-state index contributed by atoms with van der Waals surface area (Å²) in [6.45, 7) is 9.26. The van der Waals surface area contributed by atoms with Crippen LogP contribution in [0.3, 0.4) is 0 Å². The van der Waals surface area contributed by atoms with Crippen molar-refractivity contribution in [1.29, 1.82) is 0 Å². The molecular weight excluding hydrogens is 260 g/mol. The number of hydrogen-bond donors (Lipinski definition) is 0. The normalized spacial score (nSPS) is 13.3. The van der Waals surface area contributed by atoms with Crippen molar-refractivity contribution in [2.24, 2.45) is 0 Å². The second-order valence-corrected chi connectivity index (χ2v) is 5.44. The molecule has 0 bridgehead atoms. The Kier molecular flexibility index (Phi) is 4.27. The molecule has 0 saturated carbocycles. The van der Waals surface area contributed by atoms with Crippen molar-refractivity contribution < 1.29 is 9.53 Å². The number of hydrogen-bond acceptors (Lipinski definition) is 2. The standard InChI is InChI=1S/C19H20O2/c1-14(2)18(20)21-19(4,16-8-6-5-7-9-16)17-12-10-15(3)11-13-17/h5-13H,1H2,2-4H3. The summed E-state index contributed by atoms with van der Waals surface area (Å²) in [5, 5.41) is 0. The van der Waals surface area contributed by atoms with Gasteiger partial charge in [-0.15, -0.1) is 0 Å². The van der Waals surface area contributed by atoms with Crippen molar-refractivity contribution in [3.8, 4) is 0 Å². The van der Waals surface area contributed by atoms with Gasteiger partial charge in [0.05, 0.1) is 0 Å². The summed E-state index contributed by atoms with van der Waals surface area (Å²) in [7, 11) is 0. The molecule has 21 heavy (non-hydrogen) atoms. The summed E-state index contributed by atoms with van der Waals surface area (Å²) >= 11 is 0. The van der Waals surface area contributed by atoms with E-state index in [0.717, 1.165) is 11.1 Å². The molecule has 0 radical (unpaired) electrons. The van der Waals surface area contributed by atoms with Gasteiger partial charge >= 0.3 is 5.97 Å². The molecule has 0 aromatic heterocycles. The molecule has 0 aliphatic heterocycles. The molecule has 108 valence electrons. The zero-order chi connectivity index (χ0) is 15.5. The third kappa shape index (κ3) is 3.22. The quantitative estimate of drug-likeness (QED) is 0.613. The summed E-state index contributed by atoms with van der Waals surface area (Å²) in [5.74, 6) is -0.387. The van der Waals surface area contributed by atoms with Gasteiger partial charge < -0.3 is 4.74 Å². The molecule has 0 fully saturated rings. The molecule has 0 N–H and O–H groups in total. The Morgan fingerprint density at radius 2 is 1.52 bits per heavy atom. The molecule has 2 rings (SSSR count). The van der Waals surface area contributed by atoms with Crippen LogP contribution in [-0.2, 0) is 15.1 Å². The van der Waals surface area contributed by atoms with Crippen LogP contribution in [0.15, 0.2) is 66.7 Å². The van der Waals surface area contributed by atoms with Gasteiger partial charge in [0.25, 0.3) is 0 Å². The van der Waals surface area contributed by atoms with Gasteiger partial charge in [0.2, 0.25) is 0 Å². The first kappa shape index (κ1) is 15.0. The summed E-state index contributed by atoms with van der Waals surface area (Å²) in [6, 6.07) is 17.8. The maximum Gasteiger partial charge on any atom is 0.334 e. The van der Waals surface area contributed by atoms with Gasteiger partial charge in [0.1, 0.15) is 0 Å². The van der Waals surface area contributed by atoms with E-state index in [1.807, 2.05) is 68.4 Å². The molecule has 0 aliphatic carbocycles. The van der Waals surface area contributed by atoms with Crippen LogP contribution in [0, 0.1) is 6.92 Å². The lowest BCUT2D eigenvalue weighted by atomic mass is 9.87. The first-order valence-electron chi connectivity index (χ1n) is 6.95. The molecular formula is C19H20O2. The number of esters is 1. The lowest BCUT2D eigenvalue weighted by molar-refractivity contribution is -0.150. The number of carbonyl (C=O) groups excluding carboxylic acids is 1. The summed E-state index contributed by atoms with van der Waals surface area (Å²) in [5.41, 5.74) is 2.60. The van der Waals surface area contributed by atoms with Gasteiger partial charge in [0.15, 0.2) is 5.60 Å². The summed E-state index contributed by atoms with van der Waals surface area (Å²) < 4.78 is 5.77. The van der Waals surface area contributed by atoms with E-state index in [1.165, 1.54) is 5.56 Å². The second kappa shape index (κ2) is 5.96. The van der Waals surface area contributed by atoms with Crippen LogP contribution in [0.1, 0.15) is 30.5 Å². The van der Waals surface area contributed by atoms with Crippen LogP contribution in [-0.4, -0.2) is 5.97 Å². The minimum Gasteiger partial charge on any atom is -0.446 e. The molecule has 2 aromatic rings. The number of benzene rings is 2. The Morgan fingerprint density at radius 3 is 2.05 bits per heavy atom. The molecule has 0 heterocycles. The molecule has 2 nitrogen and oxygen atoms in total. The third-order valence-electron chi connectivity index (χ3n) is 3.57. The third-order valence-corrected chi connectivity index (χ3v) is 3.57.